The maximum atomic E-state index is 6.19. The van der Waals surface area contributed by atoms with Gasteiger partial charge in [0.25, 0.3) is 0 Å². The van der Waals surface area contributed by atoms with Gasteiger partial charge < -0.3 is 4.42 Å². The van der Waals surface area contributed by atoms with Crippen molar-refractivity contribution >= 4 is 43.7 Å². The molecule has 0 saturated heterocycles. The maximum absolute atomic E-state index is 6.19. The van der Waals surface area contributed by atoms with Crippen LogP contribution >= 0.6 is 0 Å². The molecule has 0 fully saturated rings. The number of furan rings is 1. The molecule has 3 heterocycles. The molecule has 7 aromatic carbocycles. The van der Waals surface area contributed by atoms with E-state index in [1.807, 2.05) is 30.3 Å². The molecule has 1 aliphatic rings. The molecule has 0 unspecified atom stereocenters. The molecule has 0 aliphatic heterocycles. The summed E-state index contributed by atoms with van der Waals surface area (Å²) in [7, 11) is 0. The second kappa shape index (κ2) is 11.1. The number of hydrogen-bond donors (Lipinski definition) is 0. The van der Waals surface area contributed by atoms with Gasteiger partial charge in [-0.05, 0) is 63.7 Å². The minimum absolute atomic E-state index is 0.239. The highest BCUT2D eigenvalue weighted by Gasteiger charge is 2.38. The van der Waals surface area contributed by atoms with Crippen LogP contribution in [-0.4, -0.2) is 19.5 Å². The lowest BCUT2D eigenvalue weighted by Crippen LogP contribution is -2.17. The summed E-state index contributed by atoms with van der Waals surface area (Å²) < 4.78 is 8.47. The number of rotatable bonds is 4. The number of benzene rings is 7. The van der Waals surface area contributed by atoms with Gasteiger partial charge in [0.1, 0.15) is 11.2 Å². The molecule has 1 aliphatic carbocycles. The summed E-state index contributed by atoms with van der Waals surface area (Å²) in [6.45, 7) is 4.67. The number of nitrogens with zero attached hydrogens (tertiary/aromatic N) is 4. The molecular formula is C48H32N4O. The van der Waals surface area contributed by atoms with E-state index in [0.717, 1.165) is 49.7 Å². The van der Waals surface area contributed by atoms with Gasteiger partial charge in [0, 0.05) is 38.1 Å². The Kier molecular flexibility index (Phi) is 6.23. The van der Waals surface area contributed by atoms with Crippen LogP contribution in [0, 0.1) is 0 Å². The molecule has 0 bridgehead atoms. The second-order valence-electron chi connectivity index (χ2n) is 14.4. The Morgan fingerprint density at radius 1 is 0.472 bits per heavy atom. The van der Waals surface area contributed by atoms with Crippen LogP contribution < -0.4 is 0 Å². The predicted molar refractivity (Wildman–Crippen MR) is 215 cm³/mol. The van der Waals surface area contributed by atoms with Gasteiger partial charge in [-0.25, -0.2) is 4.98 Å². The molecule has 53 heavy (non-hydrogen) atoms. The fraction of sp³-hybridized carbons (Fsp3) is 0.0625. The first-order valence-electron chi connectivity index (χ1n) is 18.0. The number of fused-ring (bicyclic) bond motifs is 10. The van der Waals surface area contributed by atoms with Crippen molar-refractivity contribution in [2.24, 2.45) is 0 Å². The first kappa shape index (κ1) is 29.8. The van der Waals surface area contributed by atoms with Crippen molar-refractivity contribution in [2.45, 2.75) is 19.3 Å². The Balaban J connectivity index is 1.20. The summed E-state index contributed by atoms with van der Waals surface area (Å²) in [5.41, 5.74) is 12.9. The maximum Gasteiger partial charge on any atom is 0.238 e. The van der Waals surface area contributed by atoms with Gasteiger partial charge in [0.2, 0.25) is 5.95 Å². The molecule has 0 amide bonds. The molecule has 11 rings (SSSR count). The molecule has 0 radical (unpaired) electrons. The lowest BCUT2D eigenvalue weighted by Gasteiger charge is -2.23. The van der Waals surface area contributed by atoms with Crippen molar-refractivity contribution in [3.05, 3.63) is 169 Å². The van der Waals surface area contributed by atoms with Crippen LogP contribution in [-0.2, 0) is 5.41 Å². The summed E-state index contributed by atoms with van der Waals surface area (Å²) in [6, 6.07) is 55.3. The summed E-state index contributed by atoms with van der Waals surface area (Å²) in [5.74, 6) is 1.80. The van der Waals surface area contributed by atoms with E-state index in [2.05, 4.69) is 146 Å². The summed E-state index contributed by atoms with van der Waals surface area (Å²) in [5, 5.41) is 4.44. The zero-order chi connectivity index (χ0) is 35.3. The van der Waals surface area contributed by atoms with Crippen molar-refractivity contribution in [3.8, 4) is 51.0 Å². The number of hydrogen-bond acceptors (Lipinski definition) is 4. The third-order valence-corrected chi connectivity index (χ3v) is 11.1. The van der Waals surface area contributed by atoms with Crippen LogP contribution in [0.1, 0.15) is 25.0 Å². The van der Waals surface area contributed by atoms with Crippen molar-refractivity contribution in [3.63, 3.8) is 0 Å². The van der Waals surface area contributed by atoms with Gasteiger partial charge in [0.05, 0.1) is 11.0 Å². The van der Waals surface area contributed by atoms with Crippen molar-refractivity contribution in [1.82, 2.24) is 19.5 Å². The minimum atomic E-state index is -0.239. The SMILES string of the molecule is CC1(C)c2ccccc2-c2ccc3c4ccccc4n(-c4nc(-c5ccc(-c6ccccc6)cc5)nc(-c5ccc6oc7ccccc7c6c5)n4)c3c21. The topological polar surface area (TPSA) is 56.7 Å². The quantitative estimate of drug-likeness (QED) is 0.186. The normalized spacial score (nSPS) is 13.2. The number of aromatic nitrogens is 4. The Bertz CT molecular complexity index is 3080. The highest BCUT2D eigenvalue weighted by atomic mass is 16.3. The van der Waals surface area contributed by atoms with Gasteiger partial charge in [-0.15, -0.1) is 0 Å². The van der Waals surface area contributed by atoms with Crippen LogP contribution in [0.5, 0.6) is 0 Å². The molecule has 250 valence electrons. The third kappa shape index (κ3) is 4.40. The first-order valence-corrected chi connectivity index (χ1v) is 18.0. The van der Waals surface area contributed by atoms with Gasteiger partial charge >= 0.3 is 0 Å². The van der Waals surface area contributed by atoms with Crippen molar-refractivity contribution < 1.29 is 4.42 Å². The van der Waals surface area contributed by atoms with Crippen LogP contribution in [0.4, 0.5) is 0 Å². The van der Waals surface area contributed by atoms with Crippen molar-refractivity contribution in [2.75, 3.05) is 0 Å². The summed E-state index contributed by atoms with van der Waals surface area (Å²) >= 11 is 0. The Labute approximate surface area is 305 Å². The zero-order valence-corrected chi connectivity index (χ0v) is 29.2. The smallest absolute Gasteiger partial charge is 0.238 e. The third-order valence-electron chi connectivity index (χ3n) is 11.1. The highest BCUT2D eigenvalue weighted by molar-refractivity contribution is 6.13. The minimum Gasteiger partial charge on any atom is -0.456 e. The average Bonchev–Trinajstić information content (AvgIpc) is 3.83. The van der Waals surface area contributed by atoms with Crippen LogP contribution in [0.2, 0.25) is 0 Å². The van der Waals surface area contributed by atoms with Crippen molar-refractivity contribution in [1.29, 1.82) is 0 Å². The Morgan fingerprint density at radius 2 is 1.11 bits per heavy atom. The van der Waals surface area contributed by atoms with Gasteiger partial charge in [-0.2, -0.15) is 9.97 Å². The summed E-state index contributed by atoms with van der Waals surface area (Å²) in [4.78, 5) is 15.8. The zero-order valence-electron chi connectivity index (χ0n) is 29.2. The lowest BCUT2D eigenvalue weighted by atomic mass is 9.81. The molecule has 0 spiro atoms. The van der Waals surface area contributed by atoms with E-state index in [1.165, 1.54) is 38.6 Å². The monoisotopic (exact) mass is 680 g/mol. The van der Waals surface area contributed by atoms with Gasteiger partial charge in [-0.1, -0.05) is 141 Å². The van der Waals surface area contributed by atoms with E-state index in [0.29, 0.717) is 17.6 Å². The van der Waals surface area contributed by atoms with E-state index >= 15 is 0 Å². The fourth-order valence-electron chi connectivity index (χ4n) is 8.55. The van der Waals surface area contributed by atoms with Gasteiger partial charge in [-0.3, -0.25) is 4.57 Å². The van der Waals surface area contributed by atoms with E-state index < -0.39 is 0 Å². The van der Waals surface area contributed by atoms with E-state index in [-0.39, 0.29) is 5.41 Å². The van der Waals surface area contributed by atoms with Crippen LogP contribution in [0.3, 0.4) is 0 Å². The molecule has 5 nitrogen and oxygen atoms in total. The predicted octanol–water partition coefficient (Wildman–Crippen LogP) is 12.2. The lowest BCUT2D eigenvalue weighted by molar-refractivity contribution is 0.663. The van der Waals surface area contributed by atoms with E-state index in [9.17, 15) is 0 Å². The molecule has 0 atom stereocenters. The fourth-order valence-corrected chi connectivity index (χ4v) is 8.55. The summed E-state index contributed by atoms with van der Waals surface area (Å²) in [6.07, 6.45) is 0. The molecule has 10 aromatic rings. The standard InChI is InChI=1S/C48H32N4O/c1-48(2)39-17-9-6-14-33(39)36-25-26-37-34-15-7-10-18-40(34)52(44(37)43(36)48)47-50-45(31-22-20-30(21-23-31)29-12-4-3-5-13-29)49-46(51-47)32-24-27-42-38(28-32)35-16-8-11-19-41(35)53-42/h3-28H,1-2H3. The Hall–Kier alpha value is -6.85. The molecule has 0 N–H and O–H groups in total. The molecule has 3 aromatic heterocycles. The average molecular weight is 681 g/mol. The second-order valence-corrected chi connectivity index (χ2v) is 14.4. The number of para-hydroxylation sites is 2. The van der Waals surface area contributed by atoms with E-state index in [1.54, 1.807) is 0 Å². The largest absolute Gasteiger partial charge is 0.456 e. The molecular weight excluding hydrogens is 649 g/mol. The molecule has 0 saturated carbocycles. The van der Waals surface area contributed by atoms with Gasteiger partial charge in [0.15, 0.2) is 11.6 Å². The molecule has 5 heteroatoms. The van der Waals surface area contributed by atoms with E-state index in [4.69, 9.17) is 19.4 Å². The Morgan fingerprint density at radius 3 is 1.96 bits per heavy atom. The first-order chi connectivity index (χ1) is 26.0. The van der Waals surface area contributed by atoms with Crippen LogP contribution in [0.25, 0.3) is 94.7 Å². The van der Waals surface area contributed by atoms with Crippen LogP contribution in [0.15, 0.2) is 162 Å². The highest BCUT2D eigenvalue weighted by Crippen LogP contribution is 2.52.